The lowest BCUT2D eigenvalue weighted by molar-refractivity contribution is -0.138. The zero-order valence-electron chi connectivity index (χ0n) is 17.7. The van der Waals surface area contributed by atoms with E-state index in [1.54, 1.807) is 35.7 Å². The first kappa shape index (κ1) is 24.6. The minimum atomic E-state index is -0.603. The topological polar surface area (TPSA) is 49.4 Å². The standard InChI is InChI=1S/C23H28Cl2N2O2S/c1-15(2)26-23(29)17(4)27(12-18-9-10-20(24)21(25)11-18)22(28)14-30-13-19-8-6-5-7-16(19)3/h5-11,15,17H,12-14H2,1-4H3,(H,26,29). The van der Waals surface area contributed by atoms with Gasteiger partial charge in [0.25, 0.3) is 0 Å². The molecule has 1 N–H and O–H groups in total. The van der Waals surface area contributed by atoms with Gasteiger partial charge in [0.2, 0.25) is 11.8 Å². The van der Waals surface area contributed by atoms with Crippen molar-refractivity contribution in [2.24, 2.45) is 0 Å². The van der Waals surface area contributed by atoms with Crippen molar-refractivity contribution in [3.05, 3.63) is 69.2 Å². The molecule has 0 radical (unpaired) electrons. The van der Waals surface area contributed by atoms with E-state index in [9.17, 15) is 9.59 Å². The van der Waals surface area contributed by atoms with Crippen molar-refractivity contribution in [1.82, 2.24) is 10.2 Å². The van der Waals surface area contributed by atoms with Crippen LogP contribution >= 0.6 is 35.0 Å². The highest BCUT2D eigenvalue weighted by Crippen LogP contribution is 2.24. The fourth-order valence-corrected chi connectivity index (χ4v) is 4.23. The second kappa shape index (κ2) is 11.6. The van der Waals surface area contributed by atoms with Crippen LogP contribution in [0.15, 0.2) is 42.5 Å². The normalized spacial score (nSPS) is 12.0. The van der Waals surface area contributed by atoms with Crippen LogP contribution in [0.4, 0.5) is 0 Å². The van der Waals surface area contributed by atoms with Crippen molar-refractivity contribution in [2.45, 2.75) is 52.1 Å². The molecule has 0 spiro atoms. The van der Waals surface area contributed by atoms with E-state index >= 15 is 0 Å². The maximum absolute atomic E-state index is 13.1. The van der Waals surface area contributed by atoms with E-state index in [0.717, 1.165) is 11.3 Å². The Morgan fingerprint density at radius 1 is 1.07 bits per heavy atom. The average Bonchev–Trinajstić information content (AvgIpc) is 2.69. The number of hydrogen-bond donors (Lipinski definition) is 1. The molecule has 0 aliphatic heterocycles. The lowest BCUT2D eigenvalue weighted by atomic mass is 10.1. The van der Waals surface area contributed by atoms with Crippen LogP contribution in [0.3, 0.4) is 0 Å². The smallest absolute Gasteiger partial charge is 0.242 e. The van der Waals surface area contributed by atoms with Crippen LogP contribution in [0.25, 0.3) is 0 Å². The molecule has 1 unspecified atom stereocenters. The van der Waals surface area contributed by atoms with E-state index in [0.29, 0.717) is 10.0 Å². The molecule has 7 heteroatoms. The Kier molecular flexibility index (Phi) is 9.53. The molecule has 0 saturated carbocycles. The first-order chi connectivity index (χ1) is 14.2. The second-order valence-corrected chi connectivity index (χ2v) is 9.33. The summed E-state index contributed by atoms with van der Waals surface area (Å²) >= 11 is 13.7. The molecule has 4 nitrogen and oxygen atoms in total. The molecule has 2 aromatic rings. The Labute approximate surface area is 193 Å². The van der Waals surface area contributed by atoms with Crippen LogP contribution in [0.1, 0.15) is 37.5 Å². The zero-order valence-corrected chi connectivity index (χ0v) is 20.1. The summed E-state index contributed by atoms with van der Waals surface area (Å²) in [6, 6.07) is 12.8. The quantitative estimate of drug-likeness (QED) is 0.532. The van der Waals surface area contributed by atoms with E-state index < -0.39 is 6.04 Å². The Bertz CT molecular complexity index is 889. The third-order valence-electron chi connectivity index (χ3n) is 4.68. The third-order valence-corrected chi connectivity index (χ3v) is 6.38. The number of halogens is 2. The number of benzene rings is 2. The molecule has 0 aromatic heterocycles. The van der Waals surface area contributed by atoms with Gasteiger partial charge in [-0.3, -0.25) is 9.59 Å². The molecule has 2 amide bonds. The maximum Gasteiger partial charge on any atom is 0.242 e. The highest BCUT2D eigenvalue weighted by molar-refractivity contribution is 7.99. The average molecular weight is 467 g/mol. The third kappa shape index (κ3) is 7.22. The van der Waals surface area contributed by atoms with Gasteiger partial charge < -0.3 is 10.2 Å². The fraction of sp³-hybridized carbons (Fsp3) is 0.391. The van der Waals surface area contributed by atoms with E-state index in [1.165, 1.54) is 11.1 Å². The van der Waals surface area contributed by atoms with Gasteiger partial charge in [-0.2, -0.15) is 0 Å². The van der Waals surface area contributed by atoms with Crippen molar-refractivity contribution < 1.29 is 9.59 Å². The summed E-state index contributed by atoms with van der Waals surface area (Å²) in [5.74, 6) is 0.758. The van der Waals surface area contributed by atoms with Gasteiger partial charge in [-0.1, -0.05) is 53.5 Å². The highest BCUT2D eigenvalue weighted by Gasteiger charge is 2.26. The van der Waals surface area contributed by atoms with Crippen molar-refractivity contribution in [1.29, 1.82) is 0 Å². The van der Waals surface area contributed by atoms with Crippen LogP contribution in [0.5, 0.6) is 0 Å². The predicted octanol–water partition coefficient (Wildman–Crippen LogP) is 5.48. The van der Waals surface area contributed by atoms with Crippen LogP contribution < -0.4 is 5.32 Å². The fourth-order valence-electron chi connectivity index (χ4n) is 2.93. The van der Waals surface area contributed by atoms with Gasteiger partial charge in [-0.05, 0) is 56.5 Å². The number of hydrogen-bond acceptors (Lipinski definition) is 3. The molecule has 0 bridgehead atoms. The monoisotopic (exact) mass is 466 g/mol. The number of carbonyl (C=O) groups excluding carboxylic acids is 2. The predicted molar refractivity (Wildman–Crippen MR) is 127 cm³/mol. The summed E-state index contributed by atoms with van der Waals surface area (Å²) in [6.07, 6.45) is 0. The highest BCUT2D eigenvalue weighted by atomic mass is 35.5. The number of amides is 2. The summed E-state index contributed by atoms with van der Waals surface area (Å²) in [5, 5.41) is 3.77. The Morgan fingerprint density at radius 3 is 2.40 bits per heavy atom. The molecular formula is C23H28Cl2N2O2S. The van der Waals surface area contributed by atoms with E-state index in [4.69, 9.17) is 23.2 Å². The van der Waals surface area contributed by atoms with Gasteiger partial charge in [0.1, 0.15) is 6.04 Å². The molecule has 0 aliphatic carbocycles. The van der Waals surface area contributed by atoms with Crippen molar-refractivity contribution in [3.63, 3.8) is 0 Å². The van der Waals surface area contributed by atoms with Crippen molar-refractivity contribution in [3.8, 4) is 0 Å². The first-order valence-electron chi connectivity index (χ1n) is 9.85. The van der Waals surface area contributed by atoms with Gasteiger partial charge in [-0.25, -0.2) is 0 Å². The van der Waals surface area contributed by atoms with Crippen molar-refractivity contribution in [2.75, 3.05) is 5.75 Å². The summed E-state index contributed by atoms with van der Waals surface area (Å²) in [6.45, 7) is 7.89. The molecule has 0 saturated heterocycles. The Hall–Kier alpha value is -1.69. The molecule has 0 fully saturated rings. The lowest BCUT2D eigenvalue weighted by Crippen LogP contribution is -2.49. The number of nitrogens with zero attached hydrogens (tertiary/aromatic N) is 1. The van der Waals surface area contributed by atoms with Crippen LogP contribution in [0, 0.1) is 6.92 Å². The minimum absolute atomic E-state index is 0.00249. The molecular weight excluding hydrogens is 439 g/mol. The molecule has 1 atom stereocenters. The van der Waals surface area contributed by atoms with Crippen LogP contribution in [0.2, 0.25) is 10.0 Å². The van der Waals surface area contributed by atoms with Gasteiger partial charge in [0, 0.05) is 18.3 Å². The molecule has 2 aromatic carbocycles. The molecule has 2 rings (SSSR count). The largest absolute Gasteiger partial charge is 0.352 e. The molecule has 30 heavy (non-hydrogen) atoms. The number of nitrogens with one attached hydrogen (secondary N) is 1. The number of carbonyl (C=O) groups is 2. The molecule has 0 aliphatic rings. The van der Waals surface area contributed by atoms with E-state index in [1.807, 2.05) is 32.0 Å². The summed E-state index contributed by atoms with van der Waals surface area (Å²) in [7, 11) is 0. The van der Waals surface area contributed by atoms with Crippen molar-refractivity contribution >= 4 is 46.8 Å². The number of aryl methyl sites for hydroxylation is 1. The summed E-state index contributed by atoms with van der Waals surface area (Å²) < 4.78 is 0. The number of thioether (sulfide) groups is 1. The van der Waals surface area contributed by atoms with Crippen LogP contribution in [-0.4, -0.2) is 34.6 Å². The Balaban J connectivity index is 2.12. The van der Waals surface area contributed by atoms with E-state index in [-0.39, 0.29) is 30.2 Å². The summed E-state index contributed by atoms with van der Waals surface area (Å²) in [5.41, 5.74) is 3.23. The molecule has 0 heterocycles. The van der Waals surface area contributed by atoms with E-state index in [2.05, 4.69) is 24.4 Å². The lowest BCUT2D eigenvalue weighted by Gasteiger charge is -2.29. The maximum atomic E-state index is 13.1. The summed E-state index contributed by atoms with van der Waals surface area (Å²) in [4.78, 5) is 27.3. The second-order valence-electron chi connectivity index (χ2n) is 7.53. The van der Waals surface area contributed by atoms with Gasteiger partial charge in [-0.15, -0.1) is 11.8 Å². The zero-order chi connectivity index (χ0) is 22.3. The molecule has 162 valence electrons. The number of rotatable bonds is 9. The first-order valence-corrected chi connectivity index (χ1v) is 11.8. The van der Waals surface area contributed by atoms with Gasteiger partial charge >= 0.3 is 0 Å². The van der Waals surface area contributed by atoms with Gasteiger partial charge in [0.05, 0.1) is 15.8 Å². The van der Waals surface area contributed by atoms with Crippen LogP contribution in [-0.2, 0) is 21.9 Å². The van der Waals surface area contributed by atoms with Gasteiger partial charge in [0.15, 0.2) is 0 Å². The SMILES string of the molecule is Cc1ccccc1CSCC(=O)N(Cc1ccc(Cl)c(Cl)c1)C(C)C(=O)NC(C)C. The minimum Gasteiger partial charge on any atom is -0.352 e. The Morgan fingerprint density at radius 2 is 1.77 bits per heavy atom.